The summed E-state index contributed by atoms with van der Waals surface area (Å²) in [6.45, 7) is 7.92. The molecule has 0 spiro atoms. The molecule has 1 atom stereocenters. The van der Waals surface area contributed by atoms with Gasteiger partial charge >= 0.3 is 0 Å². The van der Waals surface area contributed by atoms with E-state index >= 15 is 0 Å². The van der Waals surface area contributed by atoms with Gasteiger partial charge in [0.05, 0.1) is 11.5 Å². The maximum Gasteiger partial charge on any atom is 0.191 e. The Bertz CT molecular complexity index is 657. The zero-order valence-corrected chi connectivity index (χ0v) is 16.3. The second kappa shape index (κ2) is 9.20. The Hall–Kier alpha value is -1.60. The largest absolute Gasteiger partial charge is 0.356 e. The molecule has 0 saturated carbocycles. The number of guanidine groups is 1. The van der Waals surface area contributed by atoms with Crippen molar-refractivity contribution < 1.29 is 8.42 Å². The number of sulfone groups is 1. The summed E-state index contributed by atoms with van der Waals surface area (Å²) in [4.78, 5) is 6.43. The molecule has 6 nitrogen and oxygen atoms in total. The Morgan fingerprint density at radius 2 is 1.84 bits per heavy atom. The van der Waals surface area contributed by atoms with Crippen LogP contribution in [0.5, 0.6) is 0 Å². The Balaban J connectivity index is 1.69. The van der Waals surface area contributed by atoms with Crippen molar-refractivity contribution in [2.75, 3.05) is 51.3 Å². The third kappa shape index (κ3) is 6.66. The summed E-state index contributed by atoms with van der Waals surface area (Å²) in [6.07, 6.45) is 0. The Labute approximate surface area is 151 Å². The SMILES string of the molecule is CN=C(NCCN1CCS(=O)(=O)CC1)NCC(C)c1ccc(C)cc1. The summed E-state index contributed by atoms with van der Waals surface area (Å²) >= 11 is 0. The van der Waals surface area contributed by atoms with Gasteiger partial charge in [-0.2, -0.15) is 0 Å². The molecule has 1 aliphatic heterocycles. The lowest BCUT2D eigenvalue weighted by Crippen LogP contribution is -2.46. The maximum absolute atomic E-state index is 11.4. The highest BCUT2D eigenvalue weighted by Crippen LogP contribution is 2.14. The van der Waals surface area contributed by atoms with Crippen LogP contribution in [-0.2, 0) is 9.84 Å². The van der Waals surface area contributed by atoms with Gasteiger partial charge < -0.3 is 10.6 Å². The third-order valence-electron chi connectivity index (χ3n) is 4.60. The summed E-state index contributed by atoms with van der Waals surface area (Å²) < 4.78 is 22.9. The van der Waals surface area contributed by atoms with E-state index in [-0.39, 0.29) is 11.5 Å². The molecule has 140 valence electrons. The number of nitrogens with zero attached hydrogens (tertiary/aromatic N) is 2. The van der Waals surface area contributed by atoms with E-state index in [1.807, 2.05) is 0 Å². The van der Waals surface area contributed by atoms with Crippen molar-refractivity contribution in [2.24, 2.45) is 4.99 Å². The fraction of sp³-hybridized carbons (Fsp3) is 0.611. The molecule has 0 aromatic heterocycles. The molecule has 0 radical (unpaired) electrons. The van der Waals surface area contributed by atoms with Gasteiger partial charge in [0.15, 0.2) is 15.8 Å². The lowest BCUT2D eigenvalue weighted by atomic mass is 10.0. The number of hydrogen-bond acceptors (Lipinski definition) is 4. The first-order valence-corrected chi connectivity index (χ1v) is 10.7. The van der Waals surface area contributed by atoms with Gasteiger partial charge in [-0.1, -0.05) is 36.8 Å². The summed E-state index contributed by atoms with van der Waals surface area (Å²) in [5.74, 6) is 1.72. The molecule has 1 unspecified atom stereocenters. The molecule has 25 heavy (non-hydrogen) atoms. The fourth-order valence-corrected chi connectivity index (χ4v) is 4.07. The minimum atomic E-state index is -2.81. The second-order valence-corrected chi connectivity index (χ2v) is 8.99. The number of rotatable bonds is 6. The maximum atomic E-state index is 11.4. The third-order valence-corrected chi connectivity index (χ3v) is 6.21. The van der Waals surface area contributed by atoms with Crippen LogP contribution < -0.4 is 10.6 Å². The highest BCUT2D eigenvalue weighted by Gasteiger charge is 2.20. The van der Waals surface area contributed by atoms with E-state index in [0.717, 1.165) is 25.6 Å². The van der Waals surface area contributed by atoms with E-state index in [1.54, 1.807) is 7.05 Å². The van der Waals surface area contributed by atoms with E-state index in [4.69, 9.17) is 0 Å². The first-order chi connectivity index (χ1) is 11.9. The lowest BCUT2D eigenvalue weighted by molar-refractivity contribution is 0.299. The van der Waals surface area contributed by atoms with Gasteiger partial charge in [-0.25, -0.2) is 8.42 Å². The molecule has 0 amide bonds. The van der Waals surface area contributed by atoms with Crippen molar-refractivity contribution in [3.63, 3.8) is 0 Å². The van der Waals surface area contributed by atoms with Crippen LogP contribution in [0.3, 0.4) is 0 Å². The highest BCUT2D eigenvalue weighted by molar-refractivity contribution is 7.91. The zero-order valence-electron chi connectivity index (χ0n) is 15.5. The molecule has 7 heteroatoms. The predicted molar refractivity (Wildman–Crippen MR) is 104 cm³/mol. The number of nitrogens with one attached hydrogen (secondary N) is 2. The fourth-order valence-electron chi connectivity index (χ4n) is 2.79. The van der Waals surface area contributed by atoms with Crippen LogP contribution in [0.25, 0.3) is 0 Å². The van der Waals surface area contributed by atoms with Gasteiger partial charge in [-0.3, -0.25) is 9.89 Å². The van der Waals surface area contributed by atoms with Crippen molar-refractivity contribution in [2.45, 2.75) is 19.8 Å². The number of benzene rings is 1. The Kier molecular flexibility index (Phi) is 7.25. The van der Waals surface area contributed by atoms with Gasteiger partial charge in [0, 0.05) is 39.8 Å². The quantitative estimate of drug-likeness (QED) is 0.580. The van der Waals surface area contributed by atoms with Gasteiger partial charge in [0.1, 0.15) is 0 Å². The second-order valence-electron chi connectivity index (χ2n) is 6.69. The monoisotopic (exact) mass is 366 g/mol. The molecule has 2 rings (SSSR count). The van der Waals surface area contributed by atoms with Crippen LogP contribution in [0.1, 0.15) is 24.0 Å². The minimum absolute atomic E-state index is 0.272. The molecule has 1 heterocycles. The van der Waals surface area contributed by atoms with Crippen LogP contribution >= 0.6 is 0 Å². The van der Waals surface area contributed by atoms with Gasteiger partial charge in [-0.15, -0.1) is 0 Å². The standard InChI is InChI=1S/C18H30N4O2S/c1-15-4-6-17(7-5-15)16(2)14-21-18(19-3)20-8-9-22-10-12-25(23,24)13-11-22/h4-7,16H,8-14H2,1-3H3,(H2,19,20,21). The first kappa shape index (κ1) is 19.7. The van der Waals surface area contributed by atoms with Gasteiger partial charge in [-0.05, 0) is 18.4 Å². The molecule has 1 aromatic rings. The van der Waals surface area contributed by atoms with Crippen LogP contribution in [0.2, 0.25) is 0 Å². The van der Waals surface area contributed by atoms with E-state index < -0.39 is 9.84 Å². The molecular formula is C18H30N4O2S. The van der Waals surface area contributed by atoms with Crippen molar-refractivity contribution >= 4 is 15.8 Å². The molecule has 0 bridgehead atoms. The van der Waals surface area contributed by atoms with Crippen molar-refractivity contribution in [3.8, 4) is 0 Å². The summed E-state index contributed by atoms with van der Waals surface area (Å²) in [5.41, 5.74) is 2.58. The lowest BCUT2D eigenvalue weighted by Gasteiger charge is -2.26. The van der Waals surface area contributed by atoms with E-state index in [9.17, 15) is 8.42 Å². The molecule has 1 saturated heterocycles. The van der Waals surface area contributed by atoms with Crippen LogP contribution in [0, 0.1) is 6.92 Å². The molecule has 1 fully saturated rings. The first-order valence-electron chi connectivity index (χ1n) is 8.83. The smallest absolute Gasteiger partial charge is 0.191 e. The summed E-state index contributed by atoms with van der Waals surface area (Å²) in [5, 5.41) is 6.66. The van der Waals surface area contributed by atoms with Crippen molar-refractivity contribution in [1.82, 2.24) is 15.5 Å². The number of aliphatic imine (C=N–C) groups is 1. The van der Waals surface area contributed by atoms with Gasteiger partial charge in [0.25, 0.3) is 0 Å². The summed E-state index contributed by atoms with van der Waals surface area (Å²) in [6, 6.07) is 8.61. The Morgan fingerprint density at radius 3 is 2.44 bits per heavy atom. The van der Waals surface area contributed by atoms with Crippen LogP contribution in [-0.4, -0.2) is 70.6 Å². The summed E-state index contributed by atoms with van der Waals surface area (Å²) in [7, 11) is -1.04. The average Bonchev–Trinajstić information content (AvgIpc) is 2.59. The predicted octanol–water partition coefficient (Wildman–Crippen LogP) is 0.994. The topological polar surface area (TPSA) is 73.8 Å². The zero-order chi connectivity index (χ0) is 18.3. The normalized spacial score (nSPS) is 19.4. The average molecular weight is 367 g/mol. The van der Waals surface area contributed by atoms with Crippen molar-refractivity contribution in [1.29, 1.82) is 0 Å². The highest BCUT2D eigenvalue weighted by atomic mass is 32.2. The van der Waals surface area contributed by atoms with Crippen LogP contribution in [0.15, 0.2) is 29.3 Å². The van der Waals surface area contributed by atoms with E-state index in [0.29, 0.717) is 19.0 Å². The molecular weight excluding hydrogens is 336 g/mol. The molecule has 0 aliphatic carbocycles. The molecule has 1 aromatic carbocycles. The molecule has 2 N–H and O–H groups in total. The number of hydrogen-bond donors (Lipinski definition) is 2. The molecule has 1 aliphatic rings. The van der Waals surface area contributed by atoms with Crippen LogP contribution in [0.4, 0.5) is 0 Å². The van der Waals surface area contributed by atoms with E-state index in [1.165, 1.54) is 11.1 Å². The number of aryl methyl sites for hydroxylation is 1. The van der Waals surface area contributed by atoms with E-state index in [2.05, 4.69) is 58.6 Å². The van der Waals surface area contributed by atoms with Gasteiger partial charge in [0.2, 0.25) is 0 Å². The minimum Gasteiger partial charge on any atom is -0.356 e. The van der Waals surface area contributed by atoms with Crippen molar-refractivity contribution in [3.05, 3.63) is 35.4 Å². The Morgan fingerprint density at radius 1 is 1.20 bits per heavy atom.